The molecule has 1 aliphatic heterocycles. The zero-order valence-corrected chi connectivity index (χ0v) is 19.5. The van der Waals surface area contributed by atoms with E-state index in [4.69, 9.17) is 4.42 Å². The molecule has 4 rings (SSSR count). The molecule has 1 N–H and O–H groups in total. The number of amidine groups is 1. The van der Waals surface area contributed by atoms with Crippen LogP contribution in [0.25, 0.3) is 6.08 Å². The topological polar surface area (TPSA) is 78.4 Å². The Balaban J connectivity index is 1.58. The zero-order valence-electron chi connectivity index (χ0n) is 18.7. The Bertz CT molecular complexity index is 1200. The summed E-state index contributed by atoms with van der Waals surface area (Å²) in [5.41, 5.74) is 3.07. The Morgan fingerprint density at radius 1 is 1.03 bits per heavy atom. The van der Waals surface area contributed by atoms with Crippen molar-refractivity contribution in [1.82, 2.24) is 4.90 Å². The van der Waals surface area contributed by atoms with E-state index >= 15 is 0 Å². The first-order valence-electron chi connectivity index (χ1n) is 10.5. The monoisotopic (exact) mass is 459 g/mol. The molecule has 7 heteroatoms. The Hall–Kier alpha value is -3.58. The number of nitrogens with zero attached hydrogens (tertiary/aromatic N) is 3. The number of benzene rings is 2. The third kappa shape index (κ3) is 5.62. The molecule has 1 fully saturated rings. The van der Waals surface area contributed by atoms with Crippen molar-refractivity contribution < 1.29 is 14.3 Å². The van der Waals surface area contributed by atoms with Crippen molar-refractivity contribution in [3.05, 3.63) is 94.3 Å². The van der Waals surface area contributed by atoms with Crippen LogP contribution in [-0.4, -0.2) is 27.3 Å². The summed E-state index contributed by atoms with van der Waals surface area (Å²) in [6, 6.07) is 18.5. The highest BCUT2D eigenvalue weighted by Gasteiger charge is 2.34. The van der Waals surface area contributed by atoms with Crippen molar-refractivity contribution in [2.45, 2.75) is 32.7 Å². The van der Waals surface area contributed by atoms with Crippen molar-refractivity contribution in [2.75, 3.05) is 0 Å². The van der Waals surface area contributed by atoms with Crippen molar-refractivity contribution in [3.63, 3.8) is 0 Å². The molecule has 0 bridgehead atoms. The van der Waals surface area contributed by atoms with Crippen LogP contribution in [0.1, 0.15) is 43.2 Å². The number of rotatable bonds is 5. The van der Waals surface area contributed by atoms with Gasteiger partial charge in [0, 0.05) is 0 Å². The van der Waals surface area contributed by atoms with E-state index < -0.39 is 0 Å². The minimum Gasteiger partial charge on any atom is -0.508 e. The van der Waals surface area contributed by atoms with E-state index in [1.807, 2.05) is 18.2 Å². The summed E-state index contributed by atoms with van der Waals surface area (Å²) >= 11 is 1.26. The van der Waals surface area contributed by atoms with Gasteiger partial charge in [0.15, 0.2) is 5.17 Å². The summed E-state index contributed by atoms with van der Waals surface area (Å²) in [5, 5.41) is 18.6. The van der Waals surface area contributed by atoms with Crippen LogP contribution in [0, 0.1) is 0 Å². The number of hydrogen-bond donors (Lipinski definition) is 1. The van der Waals surface area contributed by atoms with Crippen molar-refractivity contribution >= 4 is 35.1 Å². The summed E-state index contributed by atoms with van der Waals surface area (Å²) in [5.74, 6) is 0.659. The molecule has 3 aromatic rings. The van der Waals surface area contributed by atoms with Gasteiger partial charge in [-0.1, -0.05) is 57.2 Å². The van der Waals surface area contributed by atoms with E-state index in [9.17, 15) is 9.90 Å². The van der Waals surface area contributed by atoms with E-state index in [1.165, 1.54) is 17.3 Å². The van der Waals surface area contributed by atoms with Gasteiger partial charge in [0.1, 0.15) is 11.5 Å². The van der Waals surface area contributed by atoms with Gasteiger partial charge in [-0.2, -0.15) is 5.10 Å². The minimum atomic E-state index is -0.173. The van der Waals surface area contributed by atoms with Crippen molar-refractivity contribution in [2.24, 2.45) is 10.2 Å². The molecule has 0 saturated carbocycles. The first-order valence-corrected chi connectivity index (χ1v) is 11.4. The lowest BCUT2D eigenvalue weighted by atomic mass is 9.87. The third-order valence-corrected chi connectivity index (χ3v) is 6.10. The van der Waals surface area contributed by atoms with Gasteiger partial charge < -0.3 is 9.52 Å². The lowest BCUT2D eigenvalue weighted by molar-refractivity contribution is -0.122. The Kier molecular flexibility index (Phi) is 6.51. The molecular weight excluding hydrogens is 434 g/mol. The molecule has 33 heavy (non-hydrogen) atoms. The quantitative estimate of drug-likeness (QED) is 0.298. The molecule has 0 atom stereocenters. The molecule has 2 aromatic carbocycles. The van der Waals surface area contributed by atoms with E-state index in [0.717, 1.165) is 11.1 Å². The molecule has 0 unspecified atom stereocenters. The summed E-state index contributed by atoms with van der Waals surface area (Å²) in [4.78, 5) is 15.2. The van der Waals surface area contributed by atoms with Crippen LogP contribution in [0.15, 0.2) is 86.5 Å². The lowest BCUT2D eigenvalue weighted by Gasteiger charge is -2.18. The van der Waals surface area contributed by atoms with Gasteiger partial charge in [0.2, 0.25) is 0 Å². The van der Waals surface area contributed by atoms with Crippen LogP contribution < -0.4 is 0 Å². The van der Waals surface area contributed by atoms with Gasteiger partial charge in [-0.25, -0.2) is 0 Å². The number of thioether (sulfide) groups is 1. The van der Waals surface area contributed by atoms with Crippen LogP contribution in [0.5, 0.6) is 5.75 Å². The number of phenols is 1. The van der Waals surface area contributed by atoms with Crippen LogP contribution in [0.3, 0.4) is 0 Å². The second-order valence-electron chi connectivity index (χ2n) is 8.67. The smallest absolute Gasteiger partial charge is 0.267 e. The summed E-state index contributed by atoms with van der Waals surface area (Å²) in [6.07, 6.45) is 5.03. The molecule has 1 aromatic heterocycles. The number of aromatic hydroxyl groups is 1. The molecule has 1 aliphatic rings. The highest BCUT2D eigenvalue weighted by Crippen LogP contribution is 2.34. The number of carbonyl (C=O) groups excluding carboxylic acids is 1. The van der Waals surface area contributed by atoms with Gasteiger partial charge in [-0.15, -0.1) is 5.10 Å². The lowest BCUT2D eigenvalue weighted by Crippen LogP contribution is -2.28. The second kappa shape index (κ2) is 9.50. The van der Waals surface area contributed by atoms with Crippen LogP contribution >= 0.6 is 11.8 Å². The summed E-state index contributed by atoms with van der Waals surface area (Å²) in [7, 11) is 0. The standard InChI is InChI=1S/C26H25N3O3S/c1-26(2,3)20-10-6-19(7-11-20)16-27-28-25-29(17-22-5-4-14-32-22)24(31)23(33-25)15-18-8-12-21(30)13-9-18/h4-16,30H,17H2,1-3H3/b23-15-,27-16+,28-25-. The van der Waals surface area contributed by atoms with Gasteiger partial charge in [0.25, 0.3) is 5.91 Å². The third-order valence-electron chi connectivity index (χ3n) is 5.10. The normalized spacial score (nSPS) is 17.1. The molecule has 6 nitrogen and oxygen atoms in total. The molecule has 0 spiro atoms. The molecule has 0 aliphatic carbocycles. The van der Waals surface area contributed by atoms with Gasteiger partial charge in [-0.3, -0.25) is 9.69 Å². The SMILES string of the molecule is CC(C)(C)c1ccc(/C=N/N=C2\S/C(=C\c3ccc(O)cc3)C(=O)N2Cc2ccco2)cc1. The predicted molar refractivity (Wildman–Crippen MR) is 133 cm³/mol. The molecule has 168 valence electrons. The average molecular weight is 460 g/mol. The molecule has 1 saturated heterocycles. The highest BCUT2D eigenvalue weighted by molar-refractivity contribution is 8.18. The van der Waals surface area contributed by atoms with E-state index in [-0.39, 0.29) is 23.6 Å². The maximum atomic E-state index is 13.1. The molecule has 2 heterocycles. The fourth-order valence-electron chi connectivity index (χ4n) is 3.22. The Labute approximate surface area is 197 Å². The summed E-state index contributed by atoms with van der Waals surface area (Å²) in [6.45, 7) is 6.79. The number of carbonyl (C=O) groups is 1. The van der Waals surface area contributed by atoms with Gasteiger partial charge in [-0.05, 0) is 64.2 Å². The van der Waals surface area contributed by atoms with E-state index in [1.54, 1.807) is 53.8 Å². The number of hydrogen-bond acceptors (Lipinski definition) is 6. The van der Waals surface area contributed by atoms with E-state index in [2.05, 4.69) is 43.1 Å². The maximum Gasteiger partial charge on any atom is 0.267 e. The van der Waals surface area contributed by atoms with Crippen molar-refractivity contribution in [1.29, 1.82) is 0 Å². The van der Waals surface area contributed by atoms with Crippen LogP contribution in [0.2, 0.25) is 0 Å². The average Bonchev–Trinajstić information content (AvgIpc) is 3.39. The van der Waals surface area contributed by atoms with E-state index in [0.29, 0.717) is 15.8 Å². The second-order valence-corrected chi connectivity index (χ2v) is 9.68. The largest absolute Gasteiger partial charge is 0.508 e. The fourth-order valence-corrected chi connectivity index (χ4v) is 4.15. The Morgan fingerprint density at radius 2 is 1.73 bits per heavy atom. The molecular formula is C26H25N3O3S. The molecule has 1 amide bonds. The minimum absolute atomic E-state index is 0.0866. The number of furan rings is 1. The highest BCUT2D eigenvalue weighted by atomic mass is 32.2. The maximum absolute atomic E-state index is 13.1. The predicted octanol–water partition coefficient (Wildman–Crippen LogP) is 5.79. The number of phenolic OH excluding ortho intramolecular Hbond substituents is 1. The van der Waals surface area contributed by atoms with Gasteiger partial charge in [0.05, 0.1) is 23.9 Å². The van der Waals surface area contributed by atoms with Crippen molar-refractivity contribution in [3.8, 4) is 5.75 Å². The first kappa shape index (κ1) is 22.6. The van der Waals surface area contributed by atoms with Crippen LogP contribution in [0.4, 0.5) is 0 Å². The van der Waals surface area contributed by atoms with Crippen LogP contribution in [-0.2, 0) is 16.8 Å². The fraction of sp³-hybridized carbons (Fsp3) is 0.192. The first-order chi connectivity index (χ1) is 15.8. The van der Waals surface area contributed by atoms with Gasteiger partial charge >= 0.3 is 0 Å². The summed E-state index contributed by atoms with van der Waals surface area (Å²) < 4.78 is 5.43. The molecule has 0 radical (unpaired) electrons. The zero-order chi connectivity index (χ0) is 23.4. The number of amides is 1. The Morgan fingerprint density at radius 3 is 2.36 bits per heavy atom.